The highest BCUT2D eigenvalue weighted by molar-refractivity contribution is 7.87. The number of ether oxygens (including phenoxy) is 2. The Labute approximate surface area is 172 Å². The Kier molecular flexibility index (Phi) is 7.84. The molecule has 0 bridgehead atoms. The van der Waals surface area contributed by atoms with Gasteiger partial charge in [-0.1, -0.05) is 31.5 Å². The fourth-order valence-corrected chi connectivity index (χ4v) is 3.78. The largest absolute Gasteiger partial charge is 0.493 e. The Morgan fingerprint density at radius 2 is 1.83 bits per heavy atom. The molecule has 0 amide bonds. The standard InChI is InChI=1S/C22H26O6S/c1-5-6-13-27-22(23)12-10-18-9-11-19(20(15-18)26-4)28-29(24,25)21-14-16(2)7-8-17(21)3/h7-12,14-15H,5-6,13H2,1-4H3/b12-10+. The van der Waals surface area contributed by atoms with Crippen LogP contribution in [0.3, 0.4) is 0 Å². The van der Waals surface area contributed by atoms with Gasteiger partial charge in [0.2, 0.25) is 0 Å². The van der Waals surface area contributed by atoms with E-state index in [1.54, 1.807) is 37.3 Å². The second-order valence-electron chi connectivity index (χ2n) is 6.57. The van der Waals surface area contributed by atoms with Gasteiger partial charge in [-0.2, -0.15) is 8.42 Å². The molecule has 0 heterocycles. The lowest BCUT2D eigenvalue weighted by Crippen LogP contribution is -2.12. The smallest absolute Gasteiger partial charge is 0.339 e. The summed E-state index contributed by atoms with van der Waals surface area (Å²) in [6.45, 7) is 5.92. The number of benzene rings is 2. The Balaban J connectivity index is 2.20. The number of unbranched alkanes of at least 4 members (excludes halogenated alkanes) is 1. The minimum Gasteiger partial charge on any atom is -0.493 e. The molecule has 0 aromatic heterocycles. The van der Waals surface area contributed by atoms with Crippen LogP contribution in [0.5, 0.6) is 11.5 Å². The molecule has 0 N–H and O–H groups in total. The number of carbonyl (C=O) groups excluding carboxylic acids is 1. The van der Waals surface area contributed by atoms with E-state index in [4.69, 9.17) is 13.7 Å². The van der Waals surface area contributed by atoms with Gasteiger partial charge in [0.15, 0.2) is 11.5 Å². The number of carbonyl (C=O) groups is 1. The summed E-state index contributed by atoms with van der Waals surface area (Å²) in [5.41, 5.74) is 2.05. The van der Waals surface area contributed by atoms with Crippen LogP contribution in [-0.2, 0) is 19.6 Å². The Morgan fingerprint density at radius 3 is 2.52 bits per heavy atom. The fourth-order valence-electron chi connectivity index (χ4n) is 2.53. The first kappa shape index (κ1) is 22.5. The second kappa shape index (κ2) is 10.1. The van der Waals surface area contributed by atoms with Crippen LogP contribution in [0.4, 0.5) is 0 Å². The van der Waals surface area contributed by atoms with E-state index in [9.17, 15) is 13.2 Å². The van der Waals surface area contributed by atoms with E-state index in [0.29, 0.717) is 17.7 Å². The predicted molar refractivity (Wildman–Crippen MR) is 112 cm³/mol. The van der Waals surface area contributed by atoms with Crippen molar-refractivity contribution in [3.8, 4) is 11.5 Å². The summed E-state index contributed by atoms with van der Waals surface area (Å²) >= 11 is 0. The maximum Gasteiger partial charge on any atom is 0.339 e. The van der Waals surface area contributed by atoms with Gasteiger partial charge in [0.25, 0.3) is 0 Å². The van der Waals surface area contributed by atoms with E-state index in [2.05, 4.69) is 0 Å². The topological polar surface area (TPSA) is 78.9 Å². The molecule has 0 aliphatic rings. The van der Waals surface area contributed by atoms with Crippen LogP contribution < -0.4 is 8.92 Å². The van der Waals surface area contributed by atoms with E-state index in [1.807, 2.05) is 19.9 Å². The molecule has 0 unspecified atom stereocenters. The lowest BCUT2D eigenvalue weighted by atomic mass is 10.2. The highest BCUT2D eigenvalue weighted by atomic mass is 32.2. The molecule has 0 radical (unpaired) electrons. The summed E-state index contributed by atoms with van der Waals surface area (Å²) in [6.07, 6.45) is 4.65. The molecule has 2 aromatic rings. The highest BCUT2D eigenvalue weighted by Crippen LogP contribution is 2.32. The average Bonchev–Trinajstić information content (AvgIpc) is 2.69. The first-order valence-corrected chi connectivity index (χ1v) is 10.7. The summed E-state index contributed by atoms with van der Waals surface area (Å²) in [6, 6.07) is 9.84. The molecule has 0 atom stereocenters. The molecule has 2 rings (SSSR count). The second-order valence-corrected chi connectivity index (χ2v) is 8.09. The normalized spacial score (nSPS) is 11.4. The van der Waals surface area contributed by atoms with Gasteiger partial charge >= 0.3 is 16.1 Å². The molecule has 0 saturated carbocycles. The molecule has 0 aliphatic carbocycles. The zero-order valence-corrected chi connectivity index (χ0v) is 17.9. The molecule has 0 spiro atoms. The zero-order valence-electron chi connectivity index (χ0n) is 17.1. The molecular weight excluding hydrogens is 392 g/mol. The van der Waals surface area contributed by atoms with E-state index in [0.717, 1.165) is 18.4 Å². The third kappa shape index (κ3) is 6.35. The van der Waals surface area contributed by atoms with Crippen molar-refractivity contribution in [2.45, 2.75) is 38.5 Å². The summed E-state index contributed by atoms with van der Waals surface area (Å²) < 4.78 is 41.1. The summed E-state index contributed by atoms with van der Waals surface area (Å²) in [5, 5.41) is 0. The van der Waals surface area contributed by atoms with Gasteiger partial charge in [-0.15, -0.1) is 0 Å². The van der Waals surface area contributed by atoms with E-state index in [-0.39, 0.29) is 16.4 Å². The molecule has 156 valence electrons. The Hall–Kier alpha value is -2.80. The summed E-state index contributed by atoms with van der Waals surface area (Å²) in [7, 11) is -2.61. The third-order valence-electron chi connectivity index (χ3n) is 4.15. The third-order valence-corrected chi connectivity index (χ3v) is 5.53. The molecular formula is C22H26O6S. The van der Waals surface area contributed by atoms with Crippen molar-refractivity contribution in [1.82, 2.24) is 0 Å². The number of methoxy groups -OCH3 is 1. The average molecular weight is 419 g/mol. The zero-order chi connectivity index (χ0) is 21.4. The number of hydrogen-bond acceptors (Lipinski definition) is 6. The monoisotopic (exact) mass is 418 g/mol. The number of aryl methyl sites for hydroxylation is 2. The first-order valence-electron chi connectivity index (χ1n) is 9.31. The number of esters is 1. The van der Waals surface area contributed by atoms with Crippen LogP contribution in [0.25, 0.3) is 6.08 Å². The van der Waals surface area contributed by atoms with Crippen molar-refractivity contribution < 1.29 is 26.9 Å². The summed E-state index contributed by atoms with van der Waals surface area (Å²) in [5.74, 6) is -0.133. The number of rotatable bonds is 9. The maximum atomic E-state index is 12.7. The van der Waals surface area contributed by atoms with Crippen molar-refractivity contribution in [3.63, 3.8) is 0 Å². The van der Waals surface area contributed by atoms with Crippen LogP contribution in [0, 0.1) is 13.8 Å². The van der Waals surface area contributed by atoms with Crippen molar-refractivity contribution in [1.29, 1.82) is 0 Å². The van der Waals surface area contributed by atoms with Crippen molar-refractivity contribution in [3.05, 3.63) is 59.2 Å². The lowest BCUT2D eigenvalue weighted by Gasteiger charge is -2.13. The number of hydrogen-bond donors (Lipinski definition) is 0. The molecule has 0 aliphatic heterocycles. The summed E-state index contributed by atoms with van der Waals surface area (Å²) in [4.78, 5) is 11.8. The van der Waals surface area contributed by atoms with Crippen molar-refractivity contribution in [2.24, 2.45) is 0 Å². The molecule has 2 aromatic carbocycles. The van der Waals surface area contributed by atoms with Crippen LogP contribution in [0.2, 0.25) is 0 Å². The quantitative estimate of drug-likeness (QED) is 0.259. The van der Waals surface area contributed by atoms with Crippen LogP contribution >= 0.6 is 0 Å². The van der Waals surface area contributed by atoms with Crippen LogP contribution in [-0.4, -0.2) is 28.1 Å². The highest BCUT2D eigenvalue weighted by Gasteiger charge is 2.21. The van der Waals surface area contributed by atoms with Crippen LogP contribution in [0.15, 0.2) is 47.4 Å². The maximum absolute atomic E-state index is 12.7. The Morgan fingerprint density at radius 1 is 1.07 bits per heavy atom. The molecule has 29 heavy (non-hydrogen) atoms. The molecule has 6 nitrogen and oxygen atoms in total. The predicted octanol–water partition coefficient (Wildman–Crippen LogP) is 4.44. The van der Waals surface area contributed by atoms with Gasteiger partial charge in [0, 0.05) is 6.08 Å². The lowest BCUT2D eigenvalue weighted by molar-refractivity contribution is -0.137. The Bertz CT molecular complexity index is 992. The van der Waals surface area contributed by atoms with Gasteiger partial charge in [-0.3, -0.25) is 0 Å². The van der Waals surface area contributed by atoms with Gasteiger partial charge < -0.3 is 13.7 Å². The van der Waals surface area contributed by atoms with E-state index >= 15 is 0 Å². The SMILES string of the molecule is CCCCOC(=O)/C=C/c1ccc(OS(=O)(=O)c2cc(C)ccc2C)c(OC)c1. The van der Waals surface area contributed by atoms with E-state index < -0.39 is 16.1 Å². The van der Waals surface area contributed by atoms with E-state index in [1.165, 1.54) is 19.3 Å². The van der Waals surface area contributed by atoms with Crippen molar-refractivity contribution in [2.75, 3.05) is 13.7 Å². The first-order chi connectivity index (χ1) is 13.8. The van der Waals surface area contributed by atoms with Gasteiger partial charge in [-0.25, -0.2) is 4.79 Å². The van der Waals surface area contributed by atoms with Crippen LogP contribution in [0.1, 0.15) is 36.5 Å². The molecule has 7 heteroatoms. The minimum absolute atomic E-state index is 0.0658. The fraction of sp³-hybridized carbons (Fsp3) is 0.318. The van der Waals surface area contributed by atoms with Crippen molar-refractivity contribution >= 4 is 22.2 Å². The van der Waals surface area contributed by atoms with Gasteiger partial charge in [0.05, 0.1) is 13.7 Å². The van der Waals surface area contributed by atoms with Gasteiger partial charge in [0.1, 0.15) is 4.90 Å². The van der Waals surface area contributed by atoms with Gasteiger partial charge in [-0.05, 0) is 61.2 Å². The molecule has 0 fully saturated rings. The molecule has 0 saturated heterocycles. The minimum atomic E-state index is -4.02.